The number of benzene rings is 2. The van der Waals surface area contributed by atoms with Gasteiger partial charge in [0.05, 0.1) is 6.04 Å². The molecule has 1 saturated heterocycles. The molecular formula is C22H23N3O3. The molecule has 1 aliphatic rings. The molecular weight excluding hydrogens is 354 g/mol. The lowest BCUT2D eigenvalue weighted by Crippen LogP contribution is -2.41. The van der Waals surface area contributed by atoms with Crippen LogP contribution in [0.3, 0.4) is 0 Å². The van der Waals surface area contributed by atoms with Gasteiger partial charge in [0.15, 0.2) is 0 Å². The molecule has 0 spiro atoms. The third-order valence-corrected chi connectivity index (χ3v) is 5.16. The number of hydrogen-bond donors (Lipinski definition) is 1. The summed E-state index contributed by atoms with van der Waals surface area (Å²) in [4.78, 5) is 26.9. The van der Waals surface area contributed by atoms with Gasteiger partial charge in [-0.2, -0.15) is 0 Å². The molecule has 1 fully saturated rings. The van der Waals surface area contributed by atoms with Gasteiger partial charge < -0.3 is 19.5 Å². The summed E-state index contributed by atoms with van der Waals surface area (Å²) < 4.78 is 7.37. The molecule has 28 heavy (non-hydrogen) atoms. The second-order valence-electron chi connectivity index (χ2n) is 7.08. The lowest BCUT2D eigenvalue weighted by atomic mass is 10.1. The number of nitrogens with zero attached hydrogens (tertiary/aromatic N) is 2. The lowest BCUT2D eigenvalue weighted by Gasteiger charge is -2.25. The van der Waals surface area contributed by atoms with Crippen molar-refractivity contribution in [2.24, 2.45) is 7.05 Å². The van der Waals surface area contributed by atoms with Crippen molar-refractivity contribution in [2.45, 2.75) is 18.9 Å². The number of aromatic nitrogens is 1. The van der Waals surface area contributed by atoms with Crippen molar-refractivity contribution in [3.8, 4) is 5.75 Å². The largest absolute Gasteiger partial charge is 0.491 e. The van der Waals surface area contributed by atoms with E-state index in [-0.39, 0.29) is 17.6 Å². The highest BCUT2D eigenvalue weighted by molar-refractivity contribution is 5.93. The Morgan fingerprint density at radius 3 is 2.82 bits per heavy atom. The van der Waals surface area contributed by atoms with E-state index in [1.54, 1.807) is 19.3 Å². The molecule has 4 rings (SSSR count). The highest BCUT2D eigenvalue weighted by Crippen LogP contribution is 2.22. The average Bonchev–Trinajstić information content (AvgIpc) is 3.19. The molecule has 2 amide bonds. The molecule has 0 saturated carbocycles. The highest BCUT2D eigenvalue weighted by atomic mass is 16.5. The second-order valence-corrected chi connectivity index (χ2v) is 7.08. The molecule has 0 radical (unpaired) electrons. The monoisotopic (exact) mass is 377 g/mol. The van der Waals surface area contributed by atoms with E-state index in [9.17, 15) is 9.59 Å². The fraction of sp³-hybridized carbons (Fsp3) is 0.273. The summed E-state index contributed by atoms with van der Waals surface area (Å²) in [6.07, 6.45) is 3.61. The number of pyridine rings is 1. The number of carbonyl (C=O) groups is 1. The summed E-state index contributed by atoms with van der Waals surface area (Å²) in [6, 6.07) is 16.8. The maximum atomic E-state index is 12.8. The number of urea groups is 1. The first-order valence-corrected chi connectivity index (χ1v) is 9.47. The van der Waals surface area contributed by atoms with Gasteiger partial charge in [-0.05, 0) is 48.6 Å². The van der Waals surface area contributed by atoms with Crippen molar-refractivity contribution in [1.29, 1.82) is 0 Å². The molecule has 2 aromatic carbocycles. The summed E-state index contributed by atoms with van der Waals surface area (Å²) in [7, 11) is 1.72. The second kappa shape index (κ2) is 7.76. The van der Waals surface area contributed by atoms with Crippen LogP contribution < -0.4 is 15.6 Å². The fourth-order valence-corrected chi connectivity index (χ4v) is 3.60. The van der Waals surface area contributed by atoms with Gasteiger partial charge in [-0.3, -0.25) is 4.79 Å². The summed E-state index contributed by atoms with van der Waals surface area (Å²) in [5, 5.41) is 4.38. The minimum absolute atomic E-state index is 0.0357. The molecule has 0 aliphatic carbocycles. The molecule has 1 aromatic heterocycles. The van der Waals surface area contributed by atoms with Crippen molar-refractivity contribution in [1.82, 2.24) is 9.47 Å². The molecule has 6 heteroatoms. The van der Waals surface area contributed by atoms with Crippen LogP contribution in [0.2, 0.25) is 0 Å². The van der Waals surface area contributed by atoms with E-state index in [0.29, 0.717) is 24.2 Å². The van der Waals surface area contributed by atoms with Crippen LogP contribution in [0.25, 0.3) is 10.8 Å². The Morgan fingerprint density at radius 2 is 2.00 bits per heavy atom. The zero-order chi connectivity index (χ0) is 19.5. The molecule has 0 bridgehead atoms. The third-order valence-electron chi connectivity index (χ3n) is 5.16. The van der Waals surface area contributed by atoms with E-state index in [1.165, 1.54) is 4.57 Å². The van der Waals surface area contributed by atoms with Crippen LogP contribution in [-0.2, 0) is 7.05 Å². The molecule has 1 atom stereocenters. The Morgan fingerprint density at radius 1 is 1.18 bits per heavy atom. The number of aryl methyl sites for hydroxylation is 1. The van der Waals surface area contributed by atoms with Gasteiger partial charge in [0.25, 0.3) is 5.56 Å². The van der Waals surface area contributed by atoms with E-state index in [2.05, 4.69) is 5.32 Å². The minimum Gasteiger partial charge on any atom is -0.491 e. The molecule has 0 unspecified atom stereocenters. The Labute approximate surface area is 163 Å². The predicted octanol–water partition coefficient (Wildman–Crippen LogP) is 3.61. The van der Waals surface area contributed by atoms with E-state index < -0.39 is 0 Å². The average molecular weight is 377 g/mol. The quantitative estimate of drug-likeness (QED) is 0.755. The van der Waals surface area contributed by atoms with E-state index >= 15 is 0 Å². The zero-order valence-corrected chi connectivity index (χ0v) is 15.8. The SMILES string of the molecule is Cn1ccc2ccc(NC(=O)N3CCC[C@H]3COc3ccccc3)cc2c1=O. The number of fused-ring (bicyclic) bond motifs is 1. The summed E-state index contributed by atoms with van der Waals surface area (Å²) in [5.41, 5.74) is 0.541. The van der Waals surface area contributed by atoms with Gasteiger partial charge in [-0.25, -0.2) is 4.79 Å². The fourth-order valence-electron chi connectivity index (χ4n) is 3.60. The Bertz CT molecular complexity index is 1050. The zero-order valence-electron chi connectivity index (χ0n) is 15.8. The van der Waals surface area contributed by atoms with Crippen LogP contribution in [0.1, 0.15) is 12.8 Å². The van der Waals surface area contributed by atoms with Crippen molar-refractivity contribution < 1.29 is 9.53 Å². The standard InChI is InChI=1S/C22H23N3O3/c1-24-13-11-16-9-10-17(14-20(16)21(24)26)23-22(27)25-12-5-6-18(25)15-28-19-7-3-2-4-8-19/h2-4,7-11,13-14,18H,5-6,12,15H2,1H3,(H,23,27)/t18-/m0/s1. The maximum Gasteiger partial charge on any atom is 0.322 e. The molecule has 1 aliphatic heterocycles. The number of amides is 2. The first-order valence-electron chi connectivity index (χ1n) is 9.47. The van der Waals surface area contributed by atoms with Crippen LogP contribution in [0, 0.1) is 0 Å². The van der Waals surface area contributed by atoms with Gasteiger partial charge in [0, 0.05) is 30.9 Å². The molecule has 6 nitrogen and oxygen atoms in total. The van der Waals surface area contributed by atoms with Gasteiger partial charge in [-0.1, -0.05) is 24.3 Å². The highest BCUT2D eigenvalue weighted by Gasteiger charge is 2.29. The first kappa shape index (κ1) is 18.1. The number of carbonyl (C=O) groups excluding carboxylic acids is 1. The predicted molar refractivity (Wildman–Crippen MR) is 110 cm³/mol. The van der Waals surface area contributed by atoms with E-state index in [0.717, 1.165) is 24.0 Å². The number of para-hydroxylation sites is 1. The molecule has 144 valence electrons. The number of nitrogens with one attached hydrogen (secondary N) is 1. The van der Waals surface area contributed by atoms with Gasteiger partial charge in [0.2, 0.25) is 0 Å². The number of hydrogen-bond acceptors (Lipinski definition) is 3. The minimum atomic E-state index is -0.161. The number of ether oxygens (including phenoxy) is 1. The summed E-state index contributed by atoms with van der Waals surface area (Å²) >= 11 is 0. The number of rotatable bonds is 4. The summed E-state index contributed by atoms with van der Waals surface area (Å²) in [5.74, 6) is 0.806. The van der Waals surface area contributed by atoms with Crippen LogP contribution in [0.4, 0.5) is 10.5 Å². The van der Waals surface area contributed by atoms with Crippen molar-refractivity contribution >= 4 is 22.5 Å². The Balaban J connectivity index is 1.45. The van der Waals surface area contributed by atoms with Crippen LogP contribution in [-0.4, -0.2) is 34.7 Å². The van der Waals surface area contributed by atoms with Gasteiger partial charge in [0.1, 0.15) is 12.4 Å². The topological polar surface area (TPSA) is 63.6 Å². The van der Waals surface area contributed by atoms with E-state index in [4.69, 9.17) is 4.74 Å². The summed E-state index contributed by atoms with van der Waals surface area (Å²) in [6.45, 7) is 1.17. The molecule has 3 aromatic rings. The first-order chi connectivity index (χ1) is 13.6. The molecule has 2 heterocycles. The normalized spacial score (nSPS) is 16.3. The Hall–Kier alpha value is -3.28. The van der Waals surface area contributed by atoms with Crippen LogP contribution in [0.15, 0.2) is 65.6 Å². The smallest absolute Gasteiger partial charge is 0.322 e. The number of likely N-dealkylation sites (tertiary alicyclic amines) is 1. The van der Waals surface area contributed by atoms with E-state index in [1.807, 2.05) is 53.4 Å². The van der Waals surface area contributed by atoms with Crippen LogP contribution >= 0.6 is 0 Å². The van der Waals surface area contributed by atoms with Crippen molar-refractivity contribution in [3.05, 3.63) is 71.1 Å². The van der Waals surface area contributed by atoms with Crippen molar-refractivity contribution in [3.63, 3.8) is 0 Å². The lowest BCUT2D eigenvalue weighted by molar-refractivity contribution is 0.176. The third kappa shape index (κ3) is 3.71. The number of anilines is 1. The van der Waals surface area contributed by atoms with Gasteiger partial charge in [-0.15, -0.1) is 0 Å². The van der Waals surface area contributed by atoms with Crippen LogP contribution in [0.5, 0.6) is 5.75 Å². The van der Waals surface area contributed by atoms with Crippen molar-refractivity contribution in [2.75, 3.05) is 18.5 Å². The maximum absolute atomic E-state index is 12.8. The Kier molecular flexibility index (Phi) is 5.02. The van der Waals surface area contributed by atoms with Gasteiger partial charge >= 0.3 is 6.03 Å². The molecule has 1 N–H and O–H groups in total.